The van der Waals surface area contributed by atoms with E-state index in [1.807, 2.05) is 12.1 Å². The Balaban J connectivity index is 1.90. The Morgan fingerprint density at radius 1 is 1.32 bits per heavy atom. The van der Waals surface area contributed by atoms with Crippen LogP contribution < -0.4 is 10.2 Å². The molecule has 0 heterocycles. The molecule has 114 valence electrons. The van der Waals surface area contributed by atoms with Gasteiger partial charge in [0.1, 0.15) is 11.5 Å². The molecule has 1 amide bonds. The molecule has 2 N–H and O–H groups in total. The van der Waals surface area contributed by atoms with Gasteiger partial charge in [0.2, 0.25) is 0 Å². The summed E-state index contributed by atoms with van der Waals surface area (Å²) < 4.78 is 6.39. The van der Waals surface area contributed by atoms with Crippen LogP contribution in [0.3, 0.4) is 0 Å². The lowest BCUT2D eigenvalue weighted by atomic mass is 10.2. The first-order valence-corrected chi connectivity index (χ1v) is 7.38. The molecule has 0 aliphatic heterocycles. The van der Waals surface area contributed by atoms with Crippen molar-refractivity contribution in [2.75, 3.05) is 0 Å². The van der Waals surface area contributed by atoms with Crippen LogP contribution in [0.15, 0.2) is 58.1 Å². The maximum absolute atomic E-state index is 11.9. The van der Waals surface area contributed by atoms with Gasteiger partial charge in [0.25, 0.3) is 5.91 Å². The number of para-hydroxylation sites is 1. The van der Waals surface area contributed by atoms with E-state index in [1.54, 1.807) is 43.3 Å². The van der Waals surface area contributed by atoms with Crippen molar-refractivity contribution in [1.82, 2.24) is 5.43 Å². The molecule has 2 rings (SSSR count). The fourth-order valence-electron chi connectivity index (χ4n) is 1.65. The fourth-order valence-corrected chi connectivity index (χ4v) is 2.03. The van der Waals surface area contributed by atoms with E-state index in [-0.39, 0.29) is 11.7 Å². The Kier molecular flexibility index (Phi) is 5.55. The molecule has 0 radical (unpaired) electrons. The third kappa shape index (κ3) is 4.60. The highest BCUT2D eigenvalue weighted by atomic mass is 79.9. The Bertz CT molecular complexity index is 689. The summed E-state index contributed by atoms with van der Waals surface area (Å²) in [5, 5.41) is 13.4. The lowest BCUT2D eigenvalue weighted by Gasteiger charge is -2.13. The average molecular weight is 363 g/mol. The normalized spacial score (nSPS) is 12.1. The van der Waals surface area contributed by atoms with Crippen LogP contribution in [-0.4, -0.2) is 23.3 Å². The number of halogens is 1. The average Bonchev–Trinajstić information content (AvgIpc) is 2.49. The number of hydrazone groups is 1. The van der Waals surface area contributed by atoms with Crippen molar-refractivity contribution in [3.63, 3.8) is 0 Å². The predicted molar refractivity (Wildman–Crippen MR) is 88.1 cm³/mol. The van der Waals surface area contributed by atoms with Crippen molar-refractivity contribution in [3.8, 4) is 11.5 Å². The smallest absolute Gasteiger partial charge is 0.280 e. The molecule has 0 aromatic heterocycles. The SMILES string of the molecule is C[C@@H](Oc1cccc(Br)c1)C(=O)N/N=C/c1ccccc1O. The molecule has 0 fully saturated rings. The van der Waals surface area contributed by atoms with Crippen LogP contribution in [-0.2, 0) is 4.79 Å². The lowest BCUT2D eigenvalue weighted by Crippen LogP contribution is -2.33. The monoisotopic (exact) mass is 362 g/mol. The van der Waals surface area contributed by atoms with Gasteiger partial charge in [0.15, 0.2) is 6.10 Å². The van der Waals surface area contributed by atoms with Gasteiger partial charge in [-0.05, 0) is 37.3 Å². The van der Waals surface area contributed by atoms with E-state index in [0.717, 1.165) is 4.47 Å². The summed E-state index contributed by atoms with van der Waals surface area (Å²) in [6, 6.07) is 13.9. The summed E-state index contributed by atoms with van der Waals surface area (Å²) in [5.41, 5.74) is 2.89. The van der Waals surface area contributed by atoms with E-state index in [9.17, 15) is 9.90 Å². The molecule has 22 heavy (non-hydrogen) atoms. The van der Waals surface area contributed by atoms with Gasteiger partial charge in [0.05, 0.1) is 6.21 Å². The van der Waals surface area contributed by atoms with Crippen molar-refractivity contribution in [2.45, 2.75) is 13.0 Å². The Morgan fingerprint density at radius 3 is 2.82 bits per heavy atom. The summed E-state index contributed by atoms with van der Waals surface area (Å²) >= 11 is 3.34. The number of hydrogen-bond acceptors (Lipinski definition) is 4. The quantitative estimate of drug-likeness (QED) is 0.634. The van der Waals surface area contributed by atoms with Gasteiger partial charge in [-0.15, -0.1) is 0 Å². The molecule has 0 saturated carbocycles. The van der Waals surface area contributed by atoms with E-state index in [2.05, 4.69) is 26.5 Å². The van der Waals surface area contributed by atoms with Crippen LogP contribution in [0.1, 0.15) is 12.5 Å². The number of hydrogen-bond donors (Lipinski definition) is 2. The third-order valence-electron chi connectivity index (χ3n) is 2.79. The van der Waals surface area contributed by atoms with Gasteiger partial charge in [-0.2, -0.15) is 5.10 Å². The standard InChI is InChI=1S/C16H15BrN2O3/c1-11(22-14-7-4-6-13(17)9-14)16(21)19-18-10-12-5-2-3-8-15(12)20/h2-11,20H,1H3,(H,19,21)/b18-10+/t11-/m1/s1. The van der Waals surface area contributed by atoms with Crippen LogP contribution in [0.25, 0.3) is 0 Å². The lowest BCUT2D eigenvalue weighted by molar-refractivity contribution is -0.127. The van der Waals surface area contributed by atoms with E-state index >= 15 is 0 Å². The Hall–Kier alpha value is -2.34. The third-order valence-corrected chi connectivity index (χ3v) is 3.29. The number of aromatic hydroxyl groups is 1. The maximum atomic E-state index is 11.9. The van der Waals surface area contributed by atoms with Gasteiger partial charge in [0, 0.05) is 10.0 Å². The molecule has 0 unspecified atom stereocenters. The number of nitrogens with zero attached hydrogens (tertiary/aromatic N) is 1. The van der Waals surface area contributed by atoms with Crippen molar-refractivity contribution in [1.29, 1.82) is 0 Å². The summed E-state index contributed by atoms with van der Waals surface area (Å²) in [6.07, 6.45) is 0.676. The van der Waals surface area contributed by atoms with Crippen LogP contribution in [0.4, 0.5) is 0 Å². The number of carbonyl (C=O) groups excluding carboxylic acids is 1. The van der Waals surface area contributed by atoms with Crippen LogP contribution in [0, 0.1) is 0 Å². The van der Waals surface area contributed by atoms with E-state index in [0.29, 0.717) is 11.3 Å². The van der Waals surface area contributed by atoms with Crippen molar-refractivity contribution < 1.29 is 14.6 Å². The second kappa shape index (κ2) is 7.61. The number of ether oxygens (including phenoxy) is 1. The van der Waals surface area contributed by atoms with Crippen LogP contribution >= 0.6 is 15.9 Å². The Morgan fingerprint density at radius 2 is 2.09 bits per heavy atom. The minimum Gasteiger partial charge on any atom is -0.507 e. The fraction of sp³-hybridized carbons (Fsp3) is 0.125. The number of phenols is 1. The number of nitrogens with one attached hydrogen (secondary N) is 1. The zero-order valence-corrected chi connectivity index (χ0v) is 13.4. The van der Waals surface area contributed by atoms with Gasteiger partial charge in [-0.25, -0.2) is 5.43 Å². The predicted octanol–water partition coefficient (Wildman–Crippen LogP) is 3.07. The molecule has 1 atom stereocenters. The molecule has 2 aromatic carbocycles. The largest absolute Gasteiger partial charge is 0.507 e. The van der Waals surface area contributed by atoms with Crippen LogP contribution in [0.2, 0.25) is 0 Å². The first kappa shape index (κ1) is 16.0. The first-order chi connectivity index (χ1) is 10.6. The summed E-state index contributed by atoms with van der Waals surface area (Å²) in [4.78, 5) is 11.9. The van der Waals surface area contributed by atoms with Gasteiger partial charge in [-0.3, -0.25) is 4.79 Å². The zero-order chi connectivity index (χ0) is 15.9. The first-order valence-electron chi connectivity index (χ1n) is 6.59. The molecule has 6 heteroatoms. The summed E-state index contributed by atoms with van der Waals surface area (Å²) in [6.45, 7) is 1.63. The molecular formula is C16H15BrN2O3. The van der Waals surface area contributed by atoms with E-state index in [1.165, 1.54) is 6.21 Å². The second-order valence-electron chi connectivity index (χ2n) is 4.51. The van der Waals surface area contributed by atoms with Crippen molar-refractivity contribution in [3.05, 3.63) is 58.6 Å². The molecule has 0 spiro atoms. The summed E-state index contributed by atoms with van der Waals surface area (Å²) in [5.74, 6) is 0.298. The summed E-state index contributed by atoms with van der Waals surface area (Å²) in [7, 11) is 0. The highest BCUT2D eigenvalue weighted by Crippen LogP contribution is 2.18. The number of rotatable bonds is 5. The number of carbonyl (C=O) groups is 1. The van der Waals surface area contributed by atoms with Gasteiger partial charge < -0.3 is 9.84 Å². The van der Waals surface area contributed by atoms with Crippen molar-refractivity contribution in [2.24, 2.45) is 5.10 Å². The molecule has 2 aromatic rings. The van der Waals surface area contributed by atoms with E-state index in [4.69, 9.17) is 4.74 Å². The number of phenolic OH excluding ortho intramolecular Hbond substituents is 1. The van der Waals surface area contributed by atoms with Gasteiger partial charge in [-0.1, -0.05) is 34.1 Å². The molecule has 5 nitrogen and oxygen atoms in total. The molecule has 0 bridgehead atoms. The minimum absolute atomic E-state index is 0.0962. The topological polar surface area (TPSA) is 70.9 Å². The molecule has 0 saturated heterocycles. The zero-order valence-electron chi connectivity index (χ0n) is 11.9. The minimum atomic E-state index is -0.698. The van der Waals surface area contributed by atoms with Crippen LogP contribution in [0.5, 0.6) is 11.5 Å². The highest BCUT2D eigenvalue weighted by molar-refractivity contribution is 9.10. The van der Waals surface area contributed by atoms with Crippen molar-refractivity contribution >= 4 is 28.1 Å². The Labute approximate surface area is 136 Å². The maximum Gasteiger partial charge on any atom is 0.280 e. The highest BCUT2D eigenvalue weighted by Gasteiger charge is 2.13. The number of amides is 1. The van der Waals surface area contributed by atoms with Gasteiger partial charge >= 0.3 is 0 Å². The van der Waals surface area contributed by atoms with E-state index < -0.39 is 6.10 Å². The second-order valence-corrected chi connectivity index (χ2v) is 5.43. The molecular weight excluding hydrogens is 348 g/mol. The number of benzene rings is 2. The molecule has 0 aliphatic rings. The molecule has 0 aliphatic carbocycles.